The van der Waals surface area contributed by atoms with Crippen molar-refractivity contribution in [3.05, 3.63) is 66.2 Å². The number of benzene rings is 3. The van der Waals surface area contributed by atoms with E-state index in [1.807, 2.05) is 67.6 Å². The Kier molecular flexibility index (Phi) is 4.74. The van der Waals surface area contributed by atoms with E-state index in [4.69, 9.17) is 0 Å². The molecule has 2 N–H and O–H groups in total. The number of amides is 2. The fourth-order valence-corrected chi connectivity index (χ4v) is 3.65. The molecule has 0 saturated carbocycles. The lowest BCUT2D eigenvalue weighted by Gasteiger charge is -2.18. The van der Waals surface area contributed by atoms with Crippen LogP contribution in [0.15, 0.2) is 60.7 Å². The topological polar surface area (TPSA) is 61.4 Å². The number of hydrogen-bond acceptors (Lipinski definition) is 3. The molecule has 0 aliphatic carbocycles. The molecule has 1 heterocycles. The average Bonchev–Trinajstić information content (AvgIpc) is 3.11. The van der Waals surface area contributed by atoms with Crippen molar-refractivity contribution in [3.63, 3.8) is 0 Å². The number of hydrogen-bond donors (Lipinski definition) is 2. The SMILES string of the molecule is CC(=O)N1CCc2cc(NC(C)C(=O)Nc3ccc4ccccc4c3)ccc21. The molecule has 0 aromatic heterocycles. The Bertz CT molecular complexity index is 1060. The van der Waals surface area contributed by atoms with Crippen LogP contribution in [0, 0.1) is 0 Å². The summed E-state index contributed by atoms with van der Waals surface area (Å²) in [4.78, 5) is 26.1. The Morgan fingerprint density at radius 2 is 1.71 bits per heavy atom. The molecule has 2 amide bonds. The normalized spacial score (nSPS) is 13.9. The van der Waals surface area contributed by atoms with Gasteiger partial charge in [-0.2, -0.15) is 0 Å². The second-order valence-corrected chi connectivity index (χ2v) is 7.18. The van der Waals surface area contributed by atoms with E-state index in [0.717, 1.165) is 39.8 Å². The van der Waals surface area contributed by atoms with E-state index in [2.05, 4.69) is 10.6 Å². The van der Waals surface area contributed by atoms with Gasteiger partial charge in [-0.05, 0) is 60.0 Å². The van der Waals surface area contributed by atoms with E-state index in [1.54, 1.807) is 11.8 Å². The van der Waals surface area contributed by atoms with Crippen LogP contribution in [0.5, 0.6) is 0 Å². The summed E-state index contributed by atoms with van der Waals surface area (Å²) in [5, 5.41) is 8.47. The van der Waals surface area contributed by atoms with Gasteiger partial charge in [-0.25, -0.2) is 0 Å². The molecule has 1 aliphatic heterocycles. The summed E-state index contributed by atoms with van der Waals surface area (Å²) in [6.45, 7) is 4.14. The number of anilines is 3. The minimum absolute atomic E-state index is 0.0580. The number of nitrogens with one attached hydrogen (secondary N) is 2. The van der Waals surface area contributed by atoms with E-state index < -0.39 is 6.04 Å². The van der Waals surface area contributed by atoms with E-state index in [0.29, 0.717) is 6.54 Å². The van der Waals surface area contributed by atoms with Gasteiger partial charge in [-0.3, -0.25) is 9.59 Å². The van der Waals surface area contributed by atoms with Crippen molar-refractivity contribution in [2.75, 3.05) is 22.1 Å². The van der Waals surface area contributed by atoms with Crippen LogP contribution >= 0.6 is 0 Å². The molecular formula is C23H23N3O2. The average molecular weight is 373 g/mol. The molecule has 0 radical (unpaired) electrons. The summed E-state index contributed by atoms with van der Waals surface area (Å²) in [5.41, 5.74) is 3.75. The van der Waals surface area contributed by atoms with Gasteiger partial charge in [-0.15, -0.1) is 0 Å². The van der Waals surface area contributed by atoms with Gasteiger partial charge in [0.25, 0.3) is 0 Å². The fourth-order valence-electron chi connectivity index (χ4n) is 3.65. The molecule has 3 aromatic rings. The van der Waals surface area contributed by atoms with Gasteiger partial charge in [0, 0.05) is 30.5 Å². The summed E-state index contributed by atoms with van der Waals surface area (Å²) in [6.07, 6.45) is 0.835. The Hall–Kier alpha value is -3.34. The highest BCUT2D eigenvalue weighted by Crippen LogP contribution is 2.30. The molecule has 28 heavy (non-hydrogen) atoms. The lowest BCUT2D eigenvalue weighted by Crippen LogP contribution is -2.31. The van der Waals surface area contributed by atoms with Crippen LogP contribution in [-0.2, 0) is 16.0 Å². The summed E-state index contributed by atoms with van der Waals surface area (Å²) < 4.78 is 0. The van der Waals surface area contributed by atoms with Gasteiger partial charge >= 0.3 is 0 Å². The predicted molar refractivity (Wildman–Crippen MR) is 114 cm³/mol. The number of carbonyl (C=O) groups is 2. The van der Waals surface area contributed by atoms with E-state index in [9.17, 15) is 9.59 Å². The molecule has 3 aromatic carbocycles. The molecule has 4 rings (SSSR count). The summed E-state index contributed by atoms with van der Waals surface area (Å²) in [6, 6.07) is 19.5. The second-order valence-electron chi connectivity index (χ2n) is 7.18. The third-order valence-electron chi connectivity index (χ3n) is 5.15. The quantitative estimate of drug-likeness (QED) is 0.721. The molecule has 1 unspecified atom stereocenters. The Morgan fingerprint density at radius 3 is 2.50 bits per heavy atom. The molecule has 0 saturated heterocycles. The van der Waals surface area contributed by atoms with Crippen LogP contribution in [0.25, 0.3) is 10.8 Å². The maximum absolute atomic E-state index is 12.6. The standard InChI is InChI=1S/C23H23N3O2/c1-15(23(28)25-21-8-7-17-5-3-4-6-18(17)13-21)24-20-9-10-22-19(14-20)11-12-26(22)16(2)27/h3-10,13-15,24H,11-12H2,1-2H3,(H,25,28). The van der Waals surface area contributed by atoms with Crippen LogP contribution < -0.4 is 15.5 Å². The third-order valence-corrected chi connectivity index (χ3v) is 5.15. The highest BCUT2D eigenvalue weighted by Gasteiger charge is 2.22. The van der Waals surface area contributed by atoms with Crippen LogP contribution in [0.1, 0.15) is 19.4 Å². The lowest BCUT2D eigenvalue weighted by atomic mass is 10.1. The Balaban J connectivity index is 1.43. The maximum Gasteiger partial charge on any atom is 0.246 e. The molecule has 5 nitrogen and oxygen atoms in total. The summed E-state index contributed by atoms with van der Waals surface area (Å²) in [7, 11) is 0. The first-order valence-electron chi connectivity index (χ1n) is 9.48. The van der Waals surface area contributed by atoms with Crippen LogP contribution in [-0.4, -0.2) is 24.4 Å². The van der Waals surface area contributed by atoms with Crippen molar-refractivity contribution in [1.82, 2.24) is 0 Å². The number of nitrogens with zero attached hydrogens (tertiary/aromatic N) is 1. The lowest BCUT2D eigenvalue weighted by molar-refractivity contribution is -0.117. The number of fused-ring (bicyclic) bond motifs is 2. The maximum atomic E-state index is 12.6. The largest absolute Gasteiger partial charge is 0.374 e. The van der Waals surface area contributed by atoms with E-state index in [-0.39, 0.29) is 11.8 Å². The van der Waals surface area contributed by atoms with E-state index >= 15 is 0 Å². The van der Waals surface area contributed by atoms with Gasteiger partial charge in [0.2, 0.25) is 11.8 Å². The van der Waals surface area contributed by atoms with Crippen molar-refractivity contribution in [2.24, 2.45) is 0 Å². The van der Waals surface area contributed by atoms with Gasteiger partial charge in [-0.1, -0.05) is 30.3 Å². The number of rotatable bonds is 4. The van der Waals surface area contributed by atoms with Crippen molar-refractivity contribution in [3.8, 4) is 0 Å². The van der Waals surface area contributed by atoms with Gasteiger partial charge in [0.05, 0.1) is 0 Å². The van der Waals surface area contributed by atoms with Crippen LogP contribution in [0.2, 0.25) is 0 Å². The Labute approximate surface area is 164 Å². The minimum atomic E-state index is -0.394. The van der Waals surface area contributed by atoms with Crippen molar-refractivity contribution in [1.29, 1.82) is 0 Å². The first-order valence-corrected chi connectivity index (χ1v) is 9.48. The van der Waals surface area contributed by atoms with Crippen LogP contribution in [0.4, 0.5) is 17.1 Å². The van der Waals surface area contributed by atoms with Gasteiger partial charge in [0.1, 0.15) is 6.04 Å². The fraction of sp³-hybridized carbons (Fsp3) is 0.217. The zero-order chi connectivity index (χ0) is 19.7. The molecule has 5 heteroatoms. The minimum Gasteiger partial charge on any atom is -0.374 e. The highest BCUT2D eigenvalue weighted by atomic mass is 16.2. The predicted octanol–water partition coefficient (Wildman–Crippen LogP) is 4.19. The van der Waals surface area contributed by atoms with Crippen LogP contribution in [0.3, 0.4) is 0 Å². The molecule has 0 fully saturated rings. The Morgan fingerprint density at radius 1 is 0.964 bits per heavy atom. The highest BCUT2D eigenvalue weighted by molar-refractivity contribution is 5.98. The second kappa shape index (κ2) is 7.35. The molecule has 1 aliphatic rings. The molecule has 0 spiro atoms. The first kappa shape index (κ1) is 18.0. The van der Waals surface area contributed by atoms with Gasteiger partial charge < -0.3 is 15.5 Å². The van der Waals surface area contributed by atoms with Crippen molar-refractivity contribution in [2.45, 2.75) is 26.3 Å². The van der Waals surface area contributed by atoms with E-state index in [1.165, 1.54) is 0 Å². The summed E-state index contributed by atoms with van der Waals surface area (Å²) >= 11 is 0. The molecule has 0 bridgehead atoms. The summed E-state index contributed by atoms with van der Waals surface area (Å²) in [5.74, 6) is -0.0382. The molecular weight excluding hydrogens is 350 g/mol. The van der Waals surface area contributed by atoms with Crippen molar-refractivity contribution >= 4 is 39.6 Å². The third kappa shape index (κ3) is 3.56. The first-order chi connectivity index (χ1) is 13.5. The number of carbonyl (C=O) groups excluding carboxylic acids is 2. The smallest absolute Gasteiger partial charge is 0.246 e. The zero-order valence-corrected chi connectivity index (χ0v) is 16.0. The molecule has 1 atom stereocenters. The molecule has 142 valence electrons. The van der Waals surface area contributed by atoms with Gasteiger partial charge in [0.15, 0.2) is 0 Å². The van der Waals surface area contributed by atoms with Crippen molar-refractivity contribution < 1.29 is 9.59 Å². The monoisotopic (exact) mass is 373 g/mol. The zero-order valence-electron chi connectivity index (χ0n) is 16.0.